The SMILES string of the molecule is CCOC(=O)COc1ccc2cc(C(N)=O)n(CCOc3ccccc3)c2c1. The van der Waals surface area contributed by atoms with Crippen LogP contribution in [0, 0.1) is 0 Å². The first-order valence-electron chi connectivity index (χ1n) is 8.98. The molecular weight excluding hydrogens is 360 g/mol. The number of rotatable bonds is 9. The van der Waals surface area contributed by atoms with E-state index in [-0.39, 0.29) is 6.61 Å². The van der Waals surface area contributed by atoms with E-state index in [1.807, 2.05) is 36.4 Å². The van der Waals surface area contributed by atoms with Gasteiger partial charge >= 0.3 is 5.97 Å². The van der Waals surface area contributed by atoms with E-state index < -0.39 is 11.9 Å². The zero-order valence-corrected chi connectivity index (χ0v) is 15.6. The summed E-state index contributed by atoms with van der Waals surface area (Å²) in [5.41, 5.74) is 6.69. The van der Waals surface area contributed by atoms with Crippen LogP contribution >= 0.6 is 0 Å². The van der Waals surface area contributed by atoms with Crippen LogP contribution in [0.4, 0.5) is 0 Å². The summed E-state index contributed by atoms with van der Waals surface area (Å²) in [5.74, 6) is 0.287. The van der Waals surface area contributed by atoms with Gasteiger partial charge in [-0.1, -0.05) is 18.2 Å². The monoisotopic (exact) mass is 382 g/mol. The second-order valence-electron chi connectivity index (χ2n) is 6.02. The molecule has 2 aromatic carbocycles. The Bertz CT molecular complexity index is 966. The molecule has 0 spiro atoms. The Kier molecular flexibility index (Phi) is 6.16. The number of hydrogen-bond acceptors (Lipinski definition) is 5. The van der Waals surface area contributed by atoms with Gasteiger partial charge in [-0.2, -0.15) is 0 Å². The standard InChI is InChI=1S/C21H22N2O5/c1-2-26-20(24)14-28-17-9-8-15-12-19(21(22)25)23(18(15)13-17)10-11-27-16-6-4-3-5-7-16/h3-9,12-13H,2,10-11,14H2,1H3,(H2,22,25). The highest BCUT2D eigenvalue weighted by atomic mass is 16.6. The number of ether oxygens (including phenoxy) is 3. The fourth-order valence-electron chi connectivity index (χ4n) is 2.89. The van der Waals surface area contributed by atoms with E-state index >= 15 is 0 Å². The molecule has 7 nitrogen and oxygen atoms in total. The van der Waals surface area contributed by atoms with Gasteiger partial charge in [0.2, 0.25) is 0 Å². The Hall–Kier alpha value is -3.48. The minimum Gasteiger partial charge on any atom is -0.492 e. The van der Waals surface area contributed by atoms with Crippen molar-refractivity contribution in [3.63, 3.8) is 0 Å². The summed E-state index contributed by atoms with van der Waals surface area (Å²) >= 11 is 0. The van der Waals surface area contributed by atoms with Crippen LogP contribution in [0.1, 0.15) is 17.4 Å². The smallest absolute Gasteiger partial charge is 0.344 e. The van der Waals surface area contributed by atoms with Gasteiger partial charge in [0.25, 0.3) is 5.91 Å². The van der Waals surface area contributed by atoms with Crippen molar-refractivity contribution in [1.29, 1.82) is 0 Å². The fourth-order valence-corrected chi connectivity index (χ4v) is 2.89. The average molecular weight is 382 g/mol. The highest BCUT2D eigenvalue weighted by Gasteiger charge is 2.14. The first-order valence-corrected chi connectivity index (χ1v) is 8.98. The van der Waals surface area contributed by atoms with E-state index in [1.165, 1.54) is 0 Å². The number of carbonyl (C=O) groups excluding carboxylic acids is 2. The molecule has 0 aliphatic rings. The highest BCUT2D eigenvalue weighted by Crippen LogP contribution is 2.25. The minimum absolute atomic E-state index is 0.181. The lowest BCUT2D eigenvalue weighted by molar-refractivity contribution is -0.145. The largest absolute Gasteiger partial charge is 0.492 e. The molecule has 3 rings (SSSR count). The van der Waals surface area contributed by atoms with Crippen LogP contribution < -0.4 is 15.2 Å². The van der Waals surface area contributed by atoms with Crippen molar-refractivity contribution < 1.29 is 23.8 Å². The van der Waals surface area contributed by atoms with Gasteiger partial charge in [0.1, 0.15) is 23.8 Å². The van der Waals surface area contributed by atoms with Crippen molar-refractivity contribution in [3.8, 4) is 11.5 Å². The second kappa shape index (κ2) is 8.94. The highest BCUT2D eigenvalue weighted by molar-refractivity contribution is 5.98. The summed E-state index contributed by atoms with van der Waals surface area (Å²) in [6.07, 6.45) is 0. The molecule has 28 heavy (non-hydrogen) atoms. The third kappa shape index (κ3) is 4.62. The van der Waals surface area contributed by atoms with Gasteiger partial charge in [0, 0.05) is 11.5 Å². The van der Waals surface area contributed by atoms with Crippen molar-refractivity contribution in [1.82, 2.24) is 4.57 Å². The van der Waals surface area contributed by atoms with E-state index in [1.54, 1.807) is 29.7 Å². The number of aromatic nitrogens is 1. The molecule has 0 atom stereocenters. The lowest BCUT2D eigenvalue weighted by Crippen LogP contribution is -2.19. The van der Waals surface area contributed by atoms with Crippen molar-refractivity contribution >= 4 is 22.8 Å². The molecule has 2 N–H and O–H groups in total. The van der Waals surface area contributed by atoms with E-state index in [4.69, 9.17) is 19.9 Å². The molecule has 1 aromatic heterocycles. The molecule has 0 unspecified atom stereocenters. The lowest BCUT2D eigenvalue weighted by Gasteiger charge is -2.11. The number of primary amides is 1. The molecule has 7 heteroatoms. The quantitative estimate of drug-likeness (QED) is 0.575. The lowest BCUT2D eigenvalue weighted by atomic mass is 10.2. The molecule has 1 heterocycles. The fraction of sp³-hybridized carbons (Fsp3) is 0.238. The van der Waals surface area contributed by atoms with Crippen molar-refractivity contribution in [2.24, 2.45) is 5.73 Å². The van der Waals surface area contributed by atoms with Gasteiger partial charge in [0.15, 0.2) is 6.61 Å². The summed E-state index contributed by atoms with van der Waals surface area (Å²) in [4.78, 5) is 23.4. The van der Waals surface area contributed by atoms with Crippen molar-refractivity contribution in [3.05, 3.63) is 60.3 Å². The topological polar surface area (TPSA) is 92.8 Å². The molecule has 0 fully saturated rings. The predicted octanol–water partition coefficient (Wildman–Crippen LogP) is 2.76. The van der Waals surface area contributed by atoms with Gasteiger partial charge < -0.3 is 24.5 Å². The number of carbonyl (C=O) groups is 2. The van der Waals surface area contributed by atoms with Crippen LogP contribution in [-0.2, 0) is 16.1 Å². The Balaban J connectivity index is 1.79. The first-order chi connectivity index (χ1) is 13.6. The van der Waals surface area contributed by atoms with Gasteiger partial charge in [-0.15, -0.1) is 0 Å². The molecule has 0 saturated heterocycles. The van der Waals surface area contributed by atoms with E-state index in [0.717, 1.165) is 16.7 Å². The number of hydrogen-bond donors (Lipinski definition) is 1. The summed E-state index contributed by atoms with van der Waals surface area (Å²) < 4.78 is 17.9. The minimum atomic E-state index is -0.523. The average Bonchev–Trinajstić information content (AvgIpc) is 3.06. The Morgan fingerprint density at radius 1 is 1.00 bits per heavy atom. The number of nitrogens with zero attached hydrogens (tertiary/aromatic N) is 1. The van der Waals surface area contributed by atoms with Crippen LogP contribution in [0.2, 0.25) is 0 Å². The number of amides is 1. The molecule has 0 aliphatic heterocycles. The maximum Gasteiger partial charge on any atom is 0.344 e. The number of nitrogens with two attached hydrogens (primary N) is 1. The van der Waals surface area contributed by atoms with Crippen molar-refractivity contribution in [2.75, 3.05) is 19.8 Å². The zero-order chi connectivity index (χ0) is 19.9. The maximum atomic E-state index is 11.9. The Morgan fingerprint density at radius 2 is 1.79 bits per heavy atom. The molecule has 0 bridgehead atoms. The summed E-state index contributed by atoms with van der Waals surface area (Å²) in [5, 5.41) is 0.844. The van der Waals surface area contributed by atoms with Crippen molar-refractivity contribution in [2.45, 2.75) is 13.5 Å². The number of fused-ring (bicyclic) bond motifs is 1. The second-order valence-corrected chi connectivity index (χ2v) is 6.02. The normalized spacial score (nSPS) is 10.6. The molecule has 1 amide bonds. The van der Waals surface area contributed by atoms with Crippen LogP contribution in [-0.4, -0.2) is 36.3 Å². The van der Waals surface area contributed by atoms with Crippen LogP contribution in [0.3, 0.4) is 0 Å². The molecule has 146 valence electrons. The summed E-state index contributed by atoms with van der Waals surface area (Å²) in [7, 11) is 0. The number of esters is 1. The molecule has 0 aliphatic carbocycles. The van der Waals surface area contributed by atoms with Gasteiger partial charge in [0.05, 0.1) is 18.7 Å². The molecule has 3 aromatic rings. The van der Waals surface area contributed by atoms with Gasteiger partial charge in [-0.3, -0.25) is 4.79 Å². The van der Waals surface area contributed by atoms with E-state index in [0.29, 0.717) is 31.2 Å². The molecule has 0 saturated carbocycles. The van der Waals surface area contributed by atoms with Gasteiger partial charge in [-0.05, 0) is 37.3 Å². The third-order valence-corrected chi connectivity index (χ3v) is 4.12. The summed E-state index contributed by atoms with van der Waals surface area (Å²) in [6.45, 7) is 2.65. The van der Waals surface area contributed by atoms with Crippen LogP contribution in [0.15, 0.2) is 54.6 Å². The zero-order valence-electron chi connectivity index (χ0n) is 15.6. The predicted molar refractivity (Wildman–Crippen MR) is 105 cm³/mol. The molecule has 0 radical (unpaired) electrons. The number of benzene rings is 2. The third-order valence-electron chi connectivity index (χ3n) is 4.12. The van der Waals surface area contributed by atoms with Gasteiger partial charge in [-0.25, -0.2) is 4.79 Å². The Morgan fingerprint density at radius 3 is 2.50 bits per heavy atom. The summed E-state index contributed by atoms with van der Waals surface area (Å²) in [6, 6.07) is 16.5. The van der Waals surface area contributed by atoms with Crippen LogP contribution in [0.5, 0.6) is 11.5 Å². The first kappa shape index (κ1) is 19.3. The van der Waals surface area contributed by atoms with E-state index in [2.05, 4.69) is 0 Å². The number of para-hydroxylation sites is 1. The maximum absolute atomic E-state index is 11.9. The van der Waals surface area contributed by atoms with E-state index in [9.17, 15) is 9.59 Å². The molecular formula is C21H22N2O5. The van der Waals surface area contributed by atoms with Crippen LogP contribution in [0.25, 0.3) is 10.9 Å². The Labute approximate surface area is 162 Å².